The van der Waals surface area contributed by atoms with Crippen molar-refractivity contribution in [1.29, 1.82) is 0 Å². The highest BCUT2D eigenvalue weighted by atomic mass is 32.2. The SMILES string of the molecule is CCNC(CSc1ncccn1)C(=O)OCC. The molecule has 1 aromatic rings. The highest BCUT2D eigenvalue weighted by Gasteiger charge is 2.19. The van der Waals surface area contributed by atoms with Crippen molar-refractivity contribution >= 4 is 17.7 Å². The van der Waals surface area contributed by atoms with Gasteiger partial charge in [0.1, 0.15) is 6.04 Å². The molecule has 1 rings (SSSR count). The minimum Gasteiger partial charge on any atom is -0.465 e. The second-order valence-electron chi connectivity index (χ2n) is 3.20. The molecule has 0 saturated carbocycles. The lowest BCUT2D eigenvalue weighted by atomic mass is 10.3. The van der Waals surface area contributed by atoms with Crippen LogP contribution >= 0.6 is 11.8 Å². The number of ether oxygens (including phenoxy) is 1. The lowest BCUT2D eigenvalue weighted by molar-refractivity contribution is -0.144. The first-order chi connectivity index (χ1) is 8.27. The van der Waals surface area contributed by atoms with Gasteiger partial charge in [-0.3, -0.25) is 4.79 Å². The third-order valence-corrected chi connectivity index (χ3v) is 2.91. The van der Waals surface area contributed by atoms with Crippen molar-refractivity contribution in [2.75, 3.05) is 18.9 Å². The van der Waals surface area contributed by atoms with Gasteiger partial charge in [0.25, 0.3) is 0 Å². The Bertz CT molecular complexity index is 335. The Hall–Kier alpha value is -1.14. The summed E-state index contributed by atoms with van der Waals surface area (Å²) in [6.07, 6.45) is 3.36. The van der Waals surface area contributed by atoms with E-state index in [0.29, 0.717) is 17.5 Å². The van der Waals surface area contributed by atoms with Crippen molar-refractivity contribution in [1.82, 2.24) is 15.3 Å². The van der Waals surface area contributed by atoms with Gasteiger partial charge >= 0.3 is 5.97 Å². The minimum absolute atomic E-state index is 0.224. The number of aromatic nitrogens is 2. The van der Waals surface area contributed by atoms with Gasteiger partial charge in [-0.1, -0.05) is 18.7 Å². The number of likely N-dealkylation sites (N-methyl/N-ethyl adjacent to an activating group) is 1. The molecule has 1 atom stereocenters. The first-order valence-corrected chi connectivity index (χ1v) is 6.56. The number of rotatable bonds is 7. The maximum Gasteiger partial charge on any atom is 0.323 e. The monoisotopic (exact) mass is 255 g/mol. The Morgan fingerprint density at radius 1 is 1.47 bits per heavy atom. The summed E-state index contributed by atoms with van der Waals surface area (Å²) >= 11 is 1.44. The molecule has 6 heteroatoms. The van der Waals surface area contributed by atoms with Crippen molar-refractivity contribution < 1.29 is 9.53 Å². The van der Waals surface area contributed by atoms with Crippen LogP contribution in [-0.4, -0.2) is 40.9 Å². The van der Waals surface area contributed by atoms with Crippen LogP contribution in [0.1, 0.15) is 13.8 Å². The van der Waals surface area contributed by atoms with Gasteiger partial charge in [0, 0.05) is 18.1 Å². The Kier molecular flexibility index (Phi) is 6.57. The third kappa shape index (κ3) is 5.14. The van der Waals surface area contributed by atoms with Crippen molar-refractivity contribution in [3.05, 3.63) is 18.5 Å². The summed E-state index contributed by atoms with van der Waals surface area (Å²) in [6.45, 7) is 4.87. The molecule has 17 heavy (non-hydrogen) atoms. The van der Waals surface area contributed by atoms with Crippen molar-refractivity contribution in [3.63, 3.8) is 0 Å². The molecule has 0 aliphatic heterocycles. The Balaban J connectivity index is 2.47. The summed E-state index contributed by atoms with van der Waals surface area (Å²) in [5.74, 6) is 0.342. The Morgan fingerprint density at radius 3 is 2.76 bits per heavy atom. The van der Waals surface area contributed by atoms with E-state index in [1.165, 1.54) is 11.8 Å². The van der Waals surface area contributed by atoms with Crippen LogP contribution in [0.25, 0.3) is 0 Å². The zero-order valence-corrected chi connectivity index (χ0v) is 10.9. The van der Waals surface area contributed by atoms with Crippen LogP contribution in [0.3, 0.4) is 0 Å². The summed E-state index contributed by atoms with van der Waals surface area (Å²) in [7, 11) is 0. The van der Waals surface area contributed by atoms with E-state index in [2.05, 4.69) is 15.3 Å². The van der Waals surface area contributed by atoms with Crippen molar-refractivity contribution in [2.45, 2.75) is 25.0 Å². The molecule has 1 aromatic heterocycles. The molecule has 1 N–H and O–H groups in total. The number of carbonyl (C=O) groups excluding carboxylic acids is 1. The van der Waals surface area contributed by atoms with E-state index in [0.717, 1.165) is 6.54 Å². The predicted molar refractivity (Wildman–Crippen MR) is 66.9 cm³/mol. The van der Waals surface area contributed by atoms with E-state index >= 15 is 0 Å². The molecule has 1 unspecified atom stereocenters. The number of thioether (sulfide) groups is 1. The molecule has 94 valence electrons. The van der Waals surface area contributed by atoms with Gasteiger partial charge in [-0.05, 0) is 19.5 Å². The fourth-order valence-corrected chi connectivity index (χ4v) is 2.06. The molecule has 0 aromatic carbocycles. The zero-order chi connectivity index (χ0) is 12.5. The molecule has 0 saturated heterocycles. The predicted octanol–water partition coefficient (Wildman–Crippen LogP) is 1.11. The fourth-order valence-electron chi connectivity index (χ4n) is 1.22. The van der Waals surface area contributed by atoms with Crippen LogP contribution in [0, 0.1) is 0 Å². The van der Waals surface area contributed by atoms with E-state index in [4.69, 9.17) is 4.74 Å². The normalized spacial score (nSPS) is 12.1. The molecule has 1 heterocycles. The summed E-state index contributed by atoms with van der Waals surface area (Å²) < 4.78 is 4.99. The van der Waals surface area contributed by atoms with Crippen LogP contribution < -0.4 is 5.32 Å². The average molecular weight is 255 g/mol. The van der Waals surface area contributed by atoms with E-state index in [1.54, 1.807) is 25.4 Å². The molecular weight excluding hydrogens is 238 g/mol. The summed E-state index contributed by atoms with van der Waals surface area (Å²) in [4.78, 5) is 19.8. The van der Waals surface area contributed by atoms with Gasteiger partial charge in [-0.15, -0.1) is 0 Å². The molecule has 0 aliphatic rings. The lowest BCUT2D eigenvalue weighted by Gasteiger charge is -2.15. The molecule has 0 fully saturated rings. The highest BCUT2D eigenvalue weighted by molar-refractivity contribution is 7.99. The summed E-state index contributed by atoms with van der Waals surface area (Å²) in [5, 5.41) is 3.75. The number of nitrogens with zero attached hydrogens (tertiary/aromatic N) is 2. The van der Waals surface area contributed by atoms with E-state index in [1.807, 2.05) is 6.92 Å². The number of hydrogen-bond acceptors (Lipinski definition) is 6. The topological polar surface area (TPSA) is 64.1 Å². The van der Waals surface area contributed by atoms with Gasteiger partial charge in [0.2, 0.25) is 0 Å². The van der Waals surface area contributed by atoms with Crippen LogP contribution in [0.2, 0.25) is 0 Å². The first-order valence-electron chi connectivity index (χ1n) is 5.57. The highest BCUT2D eigenvalue weighted by Crippen LogP contribution is 2.12. The van der Waals surface area contributed by atoms with E-state index in [-0.39, 0.29) is 12.0 Å². The van der Waals surface area contributed by atoms with Crippen LogP contribution in [0.4, 0.5) is 0 Å². The lowest BCUT2D eigenvalue weighted by Crippen LogP contribution is -2.40. The molecule has 5 nitrogen and oxygen atoms in total. The summed E-state index contributed by atoms with van der Waals surface area (Å²) in [5.41, 5.74) is 0. The van der Waals surface area contributed by atoms with E-state index in [9.17, 15) is 4.79 Å². The van der Waals surface area contributed by atoms with Crippen LogP contribution in [-0.2, 0) is 9.53 Å². The number of hydrogen-bond donors (Lipinski definition) is 1. The number of nitrogens with one attached hydrogen (secondary N) is 1. The first kappa shape index (κ1) is 13.9. The van der Waals surface area contributed by atoms with Crippen LogP contribution in [0.5, 0.6) is 0 Å². The molecule has 0 amide bonds. The fraction of sp³-hybridized carbons (Fsp3) is 0.545. The zero-order valence-electron chi connectivity index (χ0n) is 10.0. The van der Waals surface area contributed by atoms with Gasteiger partial charge < -0.3 is 10.1 Å². The minimum atomic E-state index is -0.311. The second-order valence-corrected chi connectivity index (χ2v) is 4.19. The molecule has 0 aliphatic carbocycles. The van der Waals surface area contributed by atoms with Gasteiger partial charge in [-0.2, -0.15) is 0 Å². The van der Waals surface area contributed by atoms with Crippen molar-refractivity contribution in [2.24, 2.45) is 0 Å². The molecule has 0 radical (unpaired) electrons. The smallest absolute Gasteiger partial charge is 0.323 e. The van der Waals surface area contributed by atoms with Gasteiger partial charge in [0.15, 0.2) is 5.16 Å². The quantitative estimate of drug-likeness (QED) is 0.447. The Labute approximate surface area is 105 Å². The standard InChI is InChI=1S/C11H17N3O2S/c1-3-12-9(10(15)16-4-2)8-17-11-13-6-5-7-14-11/h5-7,9,12H,3-4,8H2,1-2H3. The summed E-state index contributed by atoms with van der Waals surface area (Å²) in [6, 6.07) is 1.45. The Morgan fingerprint density at radius 2 is 2.18 bits per heavy atom. The third-order valence-electron chi connectivity index (χ3n) is 1.94. The number of esters is 1. The maximum atomic E-state index is 11.6. The number of carbonyl (C=O) groups is 1. The molecule has 0 bridgehead atoms. The maximum absolute atomic E-state index is 11.6. The second kappa shape index (κ2) is 8.03. The van der Waals surface area contributed by atoms with Gasteiger partial charge in [0.05, 0.1) is 6.61 Å². The van der Waals surface area contributed by atoms with Crippen molar-refractivity contribution in [3.8, 4) is 0 Å². The largest absolute Gasteiger partial charge is 0.465 e. The van der Waals surface area contributed by atoms with E-state index < -0.39 is 0 Å². The molecule has 0 spiro atoms. The molecular formula is C11H17N3O2S. The van der Waals surface area contributed by atoms with Gasteiger partial charge in [-0.25, -0.2) is 9.97 Å². The average Bonchev–Trinajstić information content (AvgIpc) is 2.36. The van der Waals surface area contributed by atoms with Crippen LogP contribution in [0.15, 0.2) is 23.6 Å².